The number of nitrogens with one attached hydrogen (secondary N) is 1. The summed E-state index contributed by atoms with van der Waals surface area (Å²) in [6.45, 7) is 5.02. The molecule has 18 heavy (non-hydrogen) atoms. The van der Waals surface area contributed by atoms with E-state index in [-0.39, 0.29) is 11.3 Å². The van der Waals surface area contributed by atoms with Crippen molar-refractivity contribution in [1.82, 2.24) is 10.2 Å². The summed E-state index contributed by atoms with van der Waals surface area (Å²) in [7, 11) is 2.00. The lowest BCUT2D eigenvalue weighted by atomic mass is 9.90. The van der Waals surface area contributed by atoms with Crippen molar-refractivity contribution < 1.29 is 9.50 Å². The highest BCUT2D eigenvalue weighted by Gasteiger charge is 2.28. The van der Waals surface area contributed by atoms with Gasteiger partial charge in [-0.3, -0.25) is 4.90 Å². The normalized spacial score (nSPS) is 19.9. The van der Waals surface area contributed by atoms with E-state index in [1.165, 1.54) is 12.1 Å². The Bertz CT molecular complexity index is 414. The number of piperidine rings is 1. The van der Waals surface area contributed by atoms with E-state index in [1.54, 1.807) is 6.07 Å². The molecule has 2 rings (SSSR count). The third kappa shape index (κ3) is 3.00. The number of likely N-dealkylation sites (tertiary alicyclic amines) is 1. The molecule has 1 aromatic rings. The molecule has 1 saturated heterocycles. The van der Waals surface area contributed by atoms with Crippen molar-refractivity contribution in [2.75, 3.05) is 20.1 Å². The van der Waals surface area contributed by atoms with Gasteiger partial charge in [0.15, 0.2) is 11.6 Å². The van der Waals surface area contributed by atoms with Gasteiger partial charge in [0.1, 0.15) is 0 Å². The van der Waals surface area contributed by atoms with Crippen LogP contribution in [0.2, 0.25) is 0 Å². The van der Waals surface area contributed by atoms with E-state index in [4.69, 9.17) is 5.11 Å². The Morgan fingerprint density at radius 1 is 1.39 bits per heavy atom. The Morgan fingerprint density at radius 2 is 2.06 bits per heavy atom. The molecule has 100 valence electrons. The minimum Gasteiger partial charge on any atom is -0.505 e. The molecule has 0 aliphatic carbocycles. The molecule has 0 saturated carbocycles. The van der Waals surface area contributed by atoms with Crippen LogP contribution in [0.1, 0.15) is 25.3 Å². The fourth-order valence-corrected chi connectivity index (χ4v) is 2.36. The van der Waals surface area contributed by atoms with Gasteiger partial charge >= 0.3 is 0 Å². The van der Waals surface area contributed by atoms with Crippen molar-refractivity contribution in [3.63, 3.8) is 0 Å². The van der Waals surface area contributed by atoms with Gasteiger partial charge in [-0.1, -0.05) is 6.07 Å². The highest BCUT2D eigenvalue weighted by Crippen LogP contribution is 2.23. The zero-order valence-electron chi connectivity index (χ0n) is 11.0. The molecule has 1 heterocycles. The van der Waals surface area contributed by atoms with Crippen LogP contribution in [0.4, 0.5) is 4.39 Å². The standard InChI is InChI=1S/C14H21FN2O/c1-14(16-2)5-7-17(8-6-14)10-11-3-4-13(18)12(15)9-11/h3-4,9,16,18H,5-8,10H2,1-2H3. The van der Waals surface area contributed by atoms with Crippen LogP contribution in [0.3, 0.4) is 0 Å². The lowest BCUT2D eigenvalue weighted by Crippen LogP contribution is -2.49. The largest absolute Gasteiger partial charge is 0.505 e. The van der Waals surface area contributed by atoms with Gasteiger partial charge < -0.3 is 10.4 Å². The predicted molar refractivity (Wildman–Crippen MR) is 70.0 cm³/mol. The maximum atomic E-state index is 13.2. The van der Waals surface area contributed by atoms with Crippen molar-refractivity contribution >= 4 is 0 Å². The van der Waals surface area contributed by atoms with E-state index >= 15 is 0 Å². The second kappa shape index (κ2) is 5.24. The van der Waals surface area contributed by atoms with Crippen LogP contribution >= 0.6 is 0 Å². The summed E-state index contributed by atoms with van der Waals surface area (Å²) in [4.78, 5) is 2.32. The number of benzene rings is 1. The lowest BCUT2D eigenvalue weighted by molar-refractivity contribution is 0.146. The molecule has 1 fully saturated rings. The van der Waals surface area contributed by atoms with Crippen LogP contribution in [-0.4, -0.2) is 35.7 Å². The Kier molecular flexibility index (Phi) is 3.88. The van der Waals surface area contributed by atoms with Crippen molar-refractivity contribution in [3.8, 4) is 5.75 Å². The van der Waals surface area contributed by atoms with Crippen molar-refractivity contribution in [3.05, 3.63) is 29.6 Å². The van der Waals surface area contributed by atoms with Gasteiger partial charge in [0.05, 0.1) is 0 Å². The third-order valence-electron chi connectivity index (χ3n) is 3.98. The van der Waals surface area contributed by atoms with E-state index in [1.807, 2.05) is 7.05 Å². The molecule has 1 aliphatic rings. The first-order chi connectivity index (χ1) is 8.52. The molecule has 0 radical (unpaired) electrons. The van der Waals surface area contributed by atoms with Crippen LogP contribution in [0.5, 0.6) is 5.75 Å². The Morgan fingerprint density at radius 3 is 2.61 bits per heavy atom. The summed E-state index contributed by atoms with van der Waals surface area (Å²) in [5.41, 5.74) is 1.15. The van der Waals surface area contributed by atoms with E-state index in [9.17, 15) is 4.39 Å². The van der Waals surface area contributed by atoms with Crippen LogP contribution < -0.4 is 5.32 Å². The summed E-state index contributed by atoms with van der Waals surface area (Å²) < 4.78 is 13.2. The third-order valence-corrected chi connectivity index (χ3v) is 3.98. The van der Waals surface area contributed by atoms with Gasteiger partial charge in [0.25, 0.3) is 0 Å². The predicted octanol–water partition coefficient (Wildman–Crippen LogP) is 2.11. The smallest absolute Gasteiger partial charge is 0.165 e. The number of hydrogen-bond donors (Lipinski definition) is 2. The zero-order chi connectivity index (χ0) is 13.2. The summed E-state index contributed by atoms with van der Waals surface area (Å²) in [6, 6.07) is 4.62. The van der Waals surface area contributed by atoms with Gasteiger partial charge in [-0.2, -0.15) is 0 Å². The highest BCUT2D eigenvalue weighted by molar-refractivity contribution is 5.28. The molecular formula is C14H21FN2O. The molecule has 0 unspecified atom stereocenters. The van der Waals surface area contributed by atoms with Crippen molar-refractivity contribution in [1.29, 1.82) is 0 Å². The molecule has 3 nitrogen and oxygen atoms in total. The molecule has 0 aromatic heterocycles. The van der Waals surface area contributed by atoms with E-state index in [0.29, 0.717) is 0 Å². The van der Waals surface area contributed by atoms with Gasteiger partial charge in [0, 0.05) is 25.2 Å². The number of rotatable bonds is 3. The van der Waals surface area contributed by atoms with E-state index in [0.717, 1.165) is 38.0 Å². The van der Waals surface area contributed by atoms with Crippen LogP contribution in [0.15, 0.2) is 18.2 Å². The fraction of sp³-hybridized carbons (Fsp3) is 0.571. The van der Waals surface area contributed by atoms with E-state index in [2.05, 4.69) is 17.1 Å². The molecule has 0 spiro atoms. The van der Waals surface area contributed by atoms with Crippen molar-refractivity contribution in [2.45, 2.75) is 31.8 Å². The number of halogens is 1. The number of phenolic OH excluding ortho intramolecular Hbond substituents is 1. The number of nitrogens with zero attached hydrogens (tertiary/aromatic N) is 1. The maximum Gasteiger partial charge on any atom is 0.165 e. The SMILES string of the molecule is CNC1(C)CCN(Cc2ccc(O)c(F)c2)CC1. The van der Waals surface area contributed by atoms with Crippen LogP contribution in [-0.2, 0) is 6.54 Å². The number of hydrogen-bond acceptors (Lipinski definition) is 3. The van der Waals surface area contributed by atoms with Crippen LogP contribution in [0, 0.1) is 5.82 Å². The first-order valence-corrected chi connectivity index (χ1v) is 6.41. The molecule has 2 N–H and O–H groups in total. The zero-order valence-corrected chi connectivity index (χ0v) is 11.0. The Labute approximate surface area is 108 Å². The summed E-state index contributed by atoms with van der Waals surface area (Å²) in [5, 5.41) is 12.5. The summed E-state index contributed by atoms with van der Waals surface area (Å²) in [5.74, 6) is -0.815. The van der Waals surface area contributed by atoms with Gasteiger partial charge in [-0.15, -0.1) is 0 Å². The topological polar surface area (TPSA) is 35.5 Å². The minimum absolute atomic E-state index is 0.233. The maximum absolute atomic E-state index is 13.2. The Balaban J connectivity index is 1.93. The number of aromatic hydroxyl groups is 1. The van der Waals surface area contributed by atoms with Gasteiger partial charge in [-0.25, -0.2) is 4.39 Å². The quantitative estimate of drug-likeness (QED) is 0.865. The first kappa shape index (κ1) is 13.3. The molecular weight excluding hydrogens is 231 g/mol. The second-order valence-electron chi connectivity index (χ2n) is 5.37. The number of phenols is 1. The lowest BCUT2D eigenvalue weighted by Gasteiger charge is -2.39. The molecule has 0 amide bonds. The summed E-state index contributed by atoms with van der Waals surface area (Å²) >= 11 is 0. The monoisotopic (exact) mass is 252 g/mol. The molecule has 1 aromatic carbocycles. The molecule has 1 aliphatic heterocycles. The average Bonchev–Trinajstić information content (AvgIpc) is 2.37. The molecule has 0 atom stereocenters. The highest BCUT2D eigenvalue weighted by atomic mass is 19.1. The molecule has 4 heteroatoms. The van der Waals surface area contributed by atoms with E-state index < -0.39 is 5.82 Å². The Hall–Kier alpha value is -1.13. The van der Waals surface area contributed by atoms with Crippen molar-refractivity contribution in [2.24, 2.45) is 0 Å². The van der Waals surface area contributed by atoms with Crippen LogP contribution in [0.25, 0.3) is 0 Å². The van der Waals surface area contributed by atoms with Gasteiger partial charge in [-0.05, 0) is 44.5 Å². The first-order valence-electron chi connectivity index (χ1n) is 6.41. The fourth-order valence-electron chi connectivity index (χ4n) is 2.36. The second-order valence-corrected chi connectivity index (χ2v) is 5.37. The van der Waals surface area contributed by atoms with Gasteiger partial charge in [0.2, 0.25) is 0 Å². The minimum atomic E-state index is -0.537. The molecule has 0 bridgehead atoms. The summed E-state index contributed by atoms with van der Waals surface area (Å²) in [6.07, 6.45) is 2.20. The average molecular weight is 252 g/mol.